The van der Waals surface area contributed by atoms with Gasteiger partial charge in [-0.3, -0.25) is 9.78 Å². The number of ether oxygens (including phenoxy) is 1. The number of aromatic nitrogens is 3. The molecule has 2 aromatic carbocycles. The minimum absolute atomic E-state index is 0.0625. The van der Waals surface area contributed by atoms with Crippen molar-refractivity contribution < 1.29 is 9.53 Å². The van der Waals surface area contributed by atoms with Gasteiger partial charge in [0.05, 0.1) is 24.1 Å². The van der Waals surface area contributed by atoms with E-state index < -0.39 is 0 Å². The summed E-state index contributed by atoms with van der Waals surface area (Å²) in [7, 11) is 1.79. The van der Waals surface area contributed by atoms with Crippen molar-refractivity contribution in [2.75, 3.05) is 13.7 Å². The number of rotatable bonds is 8. The SMILES string of the molecule is CC(C)c1ccc(OCCn2c(CN(C)C(=O)c3ccncc3)nc3ccccc32)cc1. The quantitative estimate of drug-likeness (QED) is 0.400. The van der Waals surface area contributed by atoms with Crippen LogP contribution < -0.4 is 4.74 Å². The van der Waals surface area contributed by atoms with Gasteiger partial charge >= 0.3 is 0 Å². The van der Waals surface area contributed by atoms with Crippen LogP contribution in [0.25, 0.3) is 11.0 Å². The molecule has 32 heavy (non-hydrogen) atoms. The van der Waals surface area contributed by atoms with Gasteiger partial charge in [-0.25, -0.2) is 4.98 Å². The fourth-order valence-electron chi connectivity index (χ4n) is 3.70. The summed E-state index contributed by atoms with van der Waals surface area (Å²) in [4.78, 5) is 23.2. The van der Waals surface area contributed by atoms with Crippen LogP contribution in [0.1, 0.15) is 41.5 Å². The number of para-hydroxylation sites is 2. The summed E-state index contributed by atoms with van der Waals surface area (Å²) in [6.07, 6.45) is 3.25. The third-order valence-electron chi connectivity index (χ3n) is 5.52. The van der Waals surface area contributed by atoms with E-state index in [2.05, 4.69) is 35.5 Å². The molecule has 0 unspecified atom stereocenters. The minimum atomic E-state index is -0.0625. The van der Waals surface area contributed by atoms with Crippen molar-refractivity contribution in [2.24, 2.45) is 0 Å². The Hall–Kier alpha value is -3.67. The molecule has 2 heterocycles. The maximum absolute atomic E-state index is 12.8. The lowest BCUT2D eigenvalue weighted by molar-refractivity contribution is 0.0780. The number of hydrogen-bond acceptors (Lipinski definition) is 4. The fourth-order valence-corrected chi connectivity index (χ4v) is 3.70. The molecular weight excluding hydrogens is 400 g/mol. The number of imidazole rings is 1. The second-order valence-electron chi connectivity index (χ2n) is 8.14. The Balaban J connectivity index is 1.49. The molecule has 0 aliphatic rings. The molecule has 4 rings (SSSR count). The van der Waals surface area contributed by atoms with Crippen molar-refractivity contribution in [3.05, 3.63) is 90.0 Å². The first kappa shape index (κ1) is 21.6. The van der Waals surface area contributed by atoms with Crippen LogP contribution in [0.15, 0.2) is 73.1 Å². The third-order valence-corrected chi connectivity index (χ3v) is 5.52. The zero-order valence-electron chi connectivity index (χ0n) is 18.7. The van der Waals surface area contributed by atoms with Crippen LogP contribution in [0.5, 0.6) is 5.75 Å². The van der Waals surface area contributed by atoms with Crippen LogP contribution in [0.4, 0.5) is 0 Å². The van der Waals surface area contributed by atoms with Crippen LogP contribution >= 0.6 is 0 Å². The second kappa shape index (κ2) is 9.64. The number of hydrogen-bond donors (Lipinski definition) is 0. The molecular formula is C26H28N4O2. The van der Waals surface area contributed by atoms with E-state index in [0.717, 1.165) is 22.6 Å². The normalized spacial score (nSPS) is 11.1. The predicted molar refractivity (Wildman–Crippen MR) is 126 cm³/mol. The lowest BCUT2D eigenvalue weighted by Gasteiger charge is -2.18. The zero-order chi connectivity index (χ0) is 22.5. The molecule has 6 nitrogen and oxygen atoms in total. The van der Waals surface area contributed by atoms with E-state index >= 15 is 0 Å². The summed E-state index contributed by atoms with van der Waals surface area (Å²) in [5.41, 5.74) is 3.85. The van der Waals surface area contributed by atoms with Crippen LogP contribution in [0, 0.1) is 0 Å². The van der Waals surface area contributed by atoms with E-state index in [1.807, 2.05) is 36.4 Å². The number of nitrogens with zero attached hydrogens (tertiary/aromatic N) is 4. The summed E-state index contributed by atoms with van der Waals surface area (Å²) in [6.45, 7) is 5.91. The highest BCUT2D eigenvalue weighted by Crippen LogP contribution is 2.20. The highest BCUT2D eigenvalue weighted by Gasteiger charge is 2.17. The van der Waals surface area contributed by atoms with Crippen molar-refractivity contribution in [3.63, 3.8) is 0 Å². The Morgan fingerprint density at radius 2 is 1.75 bits per heavy atom. The van der Waals surface area contributed by atoms with Gasteiger partial charge in [0.25, 0.3) is 5.91 Å². The Bertz CT molecular complexity index is 1180. The molecule has 0 atom stereocenters. The van der Waals surface area contributed by atoms with E-state index in [4.69, 9.17) is 9.72 Å². The first-order valence-corrected chi connectivity index (χ1v) is 10.9. The molecule has 0 fully saturated rings. The molecule has 0 bridgehead atoms. The minimum Gasteiger partial charge on any atom is -0.492 e. The Morgan fingerprint density at radius 3 is 2.47 bits per heavy atom. The molecule has 4 aromatic rings. The average molecular weight is 429 g/mol. The number of fused-ring (bicyclic) bond motifs is 1. The lowest BCUT2D eigenvalue weighted by atomic mass is 10.0. The van der Waals surface area contributed by atoms with Crippen LogP contribution in [-0.2, 0) is 13.1 Å². The molecule has 0 aliphatic heterocycles. The Morgan fingerprint density at radius 1 is 1.03 bits per heavy atom. The summed E-state index contributed by atoms with van der Waals surface area (Å²) in [5.74, 6) is 2.11. The molecule has 0 saturated heterocycles. The number of carbonyl (C=O) groups excluding carboxylic acids is 1. The topological polar surface area (TPSA) is 60.2 Å². The largest absolute Gasteiger partial charge is 0.492 e. The van der Waals surface area contributed by atoms with Gasteiger partial charge in [-0.2, -0.15) is 0 Å². The Kier molecular flexibility index (Phi) is 6.50. The highest BCUT2D eigenvalue weighted by molar-refractivity contribution is 5.93. The van der Waals surface area contributed by atoms with Crippen molar-refractivity contribution in [3.8, 4) is 5.75 Å². The number of pyridine rings is 1. The molecule has 164 valence electrons. The van der Waals surface area contributed by atoms with E-state index in [9.17, 15) is 4.79 Å². The smallest absolute Gasteiger partial charge is 0.254 e. The van der Waals surface area contributed by atoms with Crippen LogP contribution in [0.3, 0.4) is 0 Å². The lowest BCUT2D eigenvalue weighted by Crippen LogP contribution is -2.28. The van der Waals surface area contributed by atoms with Gasteiger partial charge < -0.3 is 14.2 Å². The highest BCUT2D eigenvalue weighted by atomic mass is 16.5. The van der Waals surface area contributed by atoms with Crippen molar-refractivity contribution in [1.82, 2.24) is 19.4 Å². The summed E-state index contributed by atoms with van der Waals surface area (Å²) >= 11 is 0. The summed E-state index contributed by atoms with van der Waals surface area (Å²) in [5, 5.41) is 0. The first-order chi connectivity index (χ1) is 15.5. The third kappa shape index (κ3) is 4.80. The maximum Gasteiger partial charge on any atom is 0.254 e. The van der Waals surface area contributed by atoms with Gasteiger partial charge in [0.15, 0.2) is 0 Å². The molecule has 0 radical (unpaired) electrons. The van der Waals surface area contributed by atoms with Gasteiger partial charge in [-0.1, -0.05) is 38.1 Å². The standard InChI is InChI=1S/C26H28N4O2/c1-19(2)20-8-10-22(11-9-20)32-17-16-30-24-7-5-4-6-23(24)28-25(30)18-29(3)26(31)21-12-14-27-15-13-21/h4-15,19H,16-18H2,1-3H3. The van der Waals surface area contributed by atoms with Crippen LogP contribution in [0.2, 0.25) is 0 Å². The van der Waals surface area contributed by atoms with Gasteiger partial charge in [0.2, 0.25) is 0 Å². The van der Waals surface area contributed by atoms with Crippen molar-refractivity contribution in [2.45, 2.75) is 32.9 Å². The maximum atomic E-state index is 12.8. The molecule has 0 saturated carbocycles. The molecule has 6 heteroatoms. The van der Waals surface area contributed by atoms with Gasteiger partial charge in [0, 0.05) is 25.0 Å². The molecule has 0 N–H and O–H groups in total. The number of benzene rings is 2. The van der Waals surface area contributed by atoms with E-state index in [-0.39, 0.29) is 5.91 Å². The number of carbonyl (C=O) groups is 1. The van der Waals surface area contributed by atoms with Crippen molar-refractivity contribution in [1.29, 1.82) is 0 Å². The molecule has 1 amide bonds. The summed E-state index contributed by atoms with van der Waals surface area (Å²) < 4.78 is 8.14. The van der Waals surface area contributed by atoms with Gasteiger partial charge in [-0.05, 0) is 47.9 Å². The predicted octanol–water partition coefficient (Wildman–Crippen LogP) is 4.91. The molecule has 2 aromatic heterocycles. The fraction of sp³-hybridized carbons (Fsp3) is 0.269. The van der Waals surface area contributed by atoms with Crippen LogP contribution in [-0.4, -0.2) is 39.0 Å². The zero-order valence-corrected chi connectivity index (χ0v) is 18.7. The number of amides is 1. The van der Waals surface area contributed by atoms with E-state index in [1.165, 1.54) is 5.56 Å². The monoisotopic (exact) mass is 428 g/mol. The van der Waals surface area contributed by atoms with Gasteiger partial charge in [0.1, 0.15) is 18.2 Å². The first-order valence-electron chi connectivity index (χ1n) is 10.9. The second-order valence-corrected chi connectivity index (χ2v) is 8.14. The Labute approximate surface area is 188 Å². The molecule has 0 aliphatic carbocycles. The molecule has 0 spiro atoms. The average Bonchev–Trinajstić information content (AvgIpc) is 3.16. The van der Waals surface area contributed by atoms with E-state index in [0.29, 0.717) is 31.2 Å². The van der Waals surface area contributed by atoms with Crippen molar-refractivity contribution >= 4 is 16.9 Å². The summed E-state index contributed by atoms with van der Waals surface area (Å²) in [6, 6.07) is 19.7. The van der Waals surface area contributed by atoms with Gasteiger partial charge in [-0.15, -0.1) is 0 Å². The van der Waals surface area contributed by atoms with E-state index in [1.54, 1.807) is 36.5 Å².